The molecule has 31 heavy (non-hydrogen) atoms. The highest BCUT2D eigenvalue weighted by Crippen LogP contribution is 2.47. The summed E-state index contributed by atoms with van der Waals surface area (Å²) in [5, 5.41) is 9.97. The van der Waals surface area contributed by atoms with E-state index >= 15 is 0 Å². The summed E-state index contributed by atoms with van der Waals surface area (Å²) in [4.78, 5) is 13.2. The molecule has 2 atom stereocenters. The first-order valence-corrected chi connectivity index (χ1v) is 11.5. The van der Waals surface area contributed by atoms with Crippen LogP contribution in [0.2, 0.25) is 0 Å². The van der Waals surface area contributed by atoms with Gasteiger partial charge < -0.3 is 14.6 Å². The smallest absolute Gasteiger partial charge is 0.162 e. The maximum atomic E-state index is 13.2. The van der Waals surface area contributed by atoms with Crippen LogP contribution in [0, 0.1) is 12.3 Å². The average Bonchev–Trinajstić information content (AvgIpc) is 2.79. The van der Waals surface area contributed by atoms with Gasteiger partial charge in [-0.25, -0.2) is 0 Å². The van der Waals surface area contributed by atoms with Crippen molar-refractivity contribution in [2.75, 3.05) is 0 Å². The number of phenolic OH excluding ortho intramolecular Hbond substituents is 1. The van der Waals surface area contributed by atoms with Crippen LogP contribution in [0.25, 0.3) is 0 Å². The van der Waals surface area contributed by atoms with E-state index in [2.05, 4.69) is 34.6 Å². The third kappa shape index (κ3) is 4.32. The van der Waals surface area contributed by atoms with Gasteiger partial charge in [0.05, 0.1) is 11.7 Å². The zero-order valence-electron chi connectivity index (χ0n) is 19.8. The molecule has 1 aromatic carbocycles. The first-order valence-electron chi connectivity index (χ1n) is 11.5. The average molecular weight is 425 g/mol. The van der Waals surface area contributed by atoms with Crippen LogP contribution in [-0.4, -0.2) is 28.2 Å². The van der Waals surface area contributed by atoms with Crippen molar-refractivity contribution in [2.45, 2.75) is 97.4 Å². The van der Waals surface area contributed by atoms with Crippen molar-refractivity contribution in [3.05, 3.63) is 46.6 Å². The molecule has 0 fully saturated rings. The van der Waals surface area contributed by atoms with Gasteiger partial charge in [0, 0.05) is 18.4 Å². The van der Waals surface area contributed by atoms with Crippen LogP contribution in [0.3, 0.4) is 0 Å². The van der Waals surface area contributed by atoms with E-state index < -0.39 is 11.2 Å². The van der Waals surface area contributed by atoms with Crippen LogP contribution in [0.4, 0.5) is 0 Å². The molecule has 2 bridgehead atoms. The first kappa shape index (κ1) is 22.1. The highest BCUT2D eigenvalue weighted by molar-refractivity contribution is 5.99. The van der Waals surface area contributed by atoms with E-state index in [1.54, 1.807) is 12.1 Å². The van der Waals surface area contributed by atoms with Crippen molar-refractivity contribution in [1.82, 2.24) is 0 Å². The lowest BCUT2D eigenvalue weighted by Gasteiger charge is -2.44. The molecule has 2 aliphatic heterocycles. The molecule has 3 aliphatic rings. The molecule has 1 N–H and O–H groups in total. The molecule has 0 spiro atoms. The monoisotopic (exact) mass is 424 g/mol. The molecule has 1 aromatic rings. The Balaban J connectivity index is 1.76. The number of benzene rings is 1. The number of rotatable bonds is 2. The van der Waals surface area contributed by atoms with E-state index in [0.717, 1.165) is 53.7 Å². The van der Waals surface area contributed by atoms with E-state index in [1.165, 1.54) is 0 Å². The molecular weight excluding hydrogens is 388 g/mol. The maximum Gasteiger partial charge on any atom is 0.162 e. The molecule has 0 aromatic heterocycles. The van der Waals surface area contributed by atoms with E-state index in [0.29, 0.717) is 12.8 Å². The number of ether oxygens (including phenoxy) is 2. The molecule has 4 nitrogen and oxygen atoms in total. The summed E-state index contributed by atoms with van der Waals surface area (Å²) in [7, 11) is 0. The molecule has 4 rings (SSSR count). The number of phenols is 1. The Labute approximate surface area is 186 Å². The van der Waals surface area contributed by atoms with Gasteiger partial charge in [-0.3, -0.25) is 4.79 Å². The fourth-order valence-corrected chi connectivity index (χ4v) is 5.39. The van der Waals surface area contributed by atoms with Crippen LogP contribution in [-0.2, 0) is 16.0 Å². The predicted octanol–water partition coefficient (Wildman–Crippen LogP) is 5.98. The highest BCUT2D eigenvalue weighted by Gasteiger charge is 2.44. The number of ketones is 1. The largest absolute Gasteiger partial charge is 0.508 e. The van der Waals surface area contributed by atoms with Gasteiger partial charge in [0.15, 0.2) is 5.78 Å². The number of aromatic hydroxyl groups is 1. The minimum Gasteiger partial charge on any atom is -0.508 e. The minimum absolute atomic E-state index is 0.0742. The summed E-state index contributed by atoms with van der Waals surface area (Å²) in [6.45, 7) is 12.8. The standard InChI is InChI=1S/C27H36O4/c1-17-14-19(28)15-18-9-13-27(6,30-23(17)18)16-21-20-10-12-26(4,5)31-24(21)25(2,3)11-7-8-22(20)29/h10,12,14-15,24,28H,7-9,11,13,16H2,1-6H3/t24-,27+/m1/s1. The third-order valence-corrected chi connectivity index (χ3v) is 7.14. The van der Waals surface area contributed by atoms with E-state index in [4.69, 9.17) is 9.47 Å². The third-order valence-electron chi connectivity index (χ3n) is 7.14. The minimum atomic E-state index is -0.436. The van der Waals surface area contributed by atoms with Gasteiger partial charge in [-0.1, -0.05) is 26.0 Å². The van der Waals surface area contributed by atoms with Crippen molar-refractivity contribution in [2.24, 2.45) is 5.41 Å². The topological polar surface area (TPSA) is 55.8 Å². The number of hydrogen-bond acceptors (Lipinski definition) is 4. The number of aryl methyl sites for hydroxylation is 2. The zero-order valence-corrected chi connectivity index (χ0v) is 19.8. The Kier molecular flexibility index (Phi) is 5.36. The Morgan fingerprint density at radius 1 is 1.10 bits per heavy atom. The number of Topliss-reactive ketones (excluding diaryl/α,β-unsaturated/α-hetero) is 1. The lowest BCUT2D eigenvalue weighted by atomic mass is 9.71. The number of allylic oxidation sites excluding steroid dienone is 2. The fraction of sp³-hybridized carbons (Fsp3) is 0.593. The highest BCUT2D eigenvalue weighted by atomic mass is 16.5. The van der Waals surface area contributed by atoms with Crippen LogP contribution in [0.15, 0.2) is 35.4 Å². The van der Waals surface area contributed by atoms with Crippen molar-refractivity contribution < 1.29 is 19.4 Å². The molecule has 0 saturated heterocycles. The molecule has 4 heteroatoms. The predicted molar refractivity (Wildman–Crippen MR) is 123 cm³/mol. The van der Waals surface area contributed by atoms with E-state index in [9.17, 15) is 9.90 Å². The Hall–Kier alpha value is -2.07. The number of carbonyl (C=O) groups excluding carboxylic acids is 1. The lowest BCUT2D eigenvalue weighted by Crippen LogP contribution is -2.44. The summed E-state index contributed by atoms with van der Waals surface area (Å²) in [5.41, 5.74) is 2.96. The van der Waals surface area contributed by atoms with Crippen LogP contribution < -0.4 is 4.74 Å². The molecule has 2 heterocycles. The second kappa shape index (κ2) is 7.51. The van der Waals surface area contributed by atoms with Gasteiger partial charge in [0.25, 0.3) is 0 Å². The molecule has 0 radical (unpaired) electrons. The van der Waals surface area contributed by atoms with Crippen molar-refractivity contribution in [3.63, 3.8) is 0 Å². The second-order valence-corrected chi connectivity index (χ2v) is 11.1. The summed E-state index contributed by atoms with van der Waals surface area (Å²) in [6.07, 6.45) is 8.65. The Morgan fingerprint density at radius 2 is 1.84 bits per heavy atom. The summed E-state index contributed by atoms with van der Waals surface area (Å²) in [6, 6.07) is 3.56. The van der Waals surface area contributed by atoms with Crippen molar-refractivity contribution in [3.8, 4) is 11.5 Å². The summed E-state index contributed by atoms with van der Waals surface area (Å²) < 4.78 is 13.3. The number of fused-ring (bicyclic) bond motifs is 2. The van der Waals surface area contributed by atoms with Crippen LogP contribution in [0.5, 0.6) is 11.5 Å². The zero-order chi connectivity index (χ0) is 22.6. The van der Waals surface area contributed by atoms with E-state index in [1.807, 2.05) is 19.1 Å². The van der Waals surface area contributed by atoms with Gasteiger partial charge in [0.1, 0.15) is 17.1 Å². The Morgan fingerprint density at radius 3 is 2.58 bits per heavy atom. The summed E-state index contributed by atoms with van der Waals surface area (Å²) >= 11 is 0. The van der Waals surface area contributed by atoms with Gasteiger partial charge in [-0.2, -0.15) is 0 Å². The van der Waals surface area contributed by atoms with E-state index in [-0.39, 0.29) is 23.1 Å². The van der Waals surface area contributed by atoms with Gasteiger partial charge in [0.2, 0.25) is 0 Å². The summed E-state index contributed by atoms with van der Waals surface area (Å²) in [5.74, 6) is 1.37. The van der Waals surface area contributed by atoms with Crippen LogP contribution in [0.1, 0.15) is 77.8 Å². The second-order valence-electron chi connectivity index (χ2n) is 11.1. The van der Waals surface area contributed by atoms with Gasteiger partial charge >= 0.3 is 0 Å². The van der Waals surface area contributed by atoms with Gasteiger partial charge in [-0.05, 0) is 87.6 Å². The molecule has 0 unspecified atom stereocenters. The van der Waals surface area contributed by atoms with Crippen molar-refractivity contribution in [1.29, 1.82) is 0 Å². The first-order chi connectivity index (χ1) is 14.4. The number of hydrogen-bond donors (Lipinski definition) is 1. The molecular formula is C27H36O4. The lowest BCUT2D eigenvalue weighted by molar-refractivity contribution is -0.117. The molecule has 1 aliphatic carbocycles. The Bertz CT molecular complexity index is 966. The quantitative estimate of drug-likeness (QED) is 0.634. The normalized spacial score (nSPS) is 29.5. The molecule has 168 valence electrons. The van der Waals surface area contributed by atoms with Crippen molar-refractivity contribution >= 4 is 5.78 Å². The molecule has 0 saturated carbocycles. The van der Waals surface area contributed by atoms with Gasteiger partial charge in [-0.15, -0.1) is 0 Å². The SMILES string of the molecule is Cc1cc(O)cc2c1O[C@](C)(CC1=C3C=CC(C)(C)O[C@H]1C(C)(C)CCCC3=O)CC2. The fourth-order valence-electron chi connectivity index (χ4n) is 5.39. The molecule has 0 amide bonds. The van der Waals surface area contributed by atoms with Crippen LogP contribution >= 0.6 is 0 Å². The maximum absolute atomic E-state index is 13.2. The number of carbonyl (C=O) groups is 1.